The van der Waals surface area contributed by atoms with Gasteiger partial charge in [0.1, 0.15) is 0 Å². The molecule has 1 amide bonds. The molecule has 1 rings (SSSR count). The van der Waals surface area contributed by atoms with Gasteiger partial charge in [-0.2, -0.15) is 0 Å². The van der Waals surface area contributed by atoms with E-state index in [0.29, 0.717) is 19.0 Å². The third-order valence-corrected chi connectivity index (χ3v) is 3.12. The summed E-state index contributed by atoms with van der Waals surface area (Å²) in [6, 6.07) is 10.0. The number of amides is 1. The Balaban J connectivity index is 0.00000441. The highest BCUT2D eigenvalue weighted by atomic mass is 127. The molecule has 0 spiro atoms. The van der Waals surface area contributed by atoms with Crippen molar-refractivity contribution in [2.24, 2.45) is 4.99 Å². The predicted molar refractivity (Wildman–Crippen MR) is 103 cm³/mol. The lowest BCUT2D eigenvalue weighted by Crippen LogP contribution is -2.44. The number of halogens is 1. The van der Waals surface area contributed by atoms with Crippen LogP contribution in [0.2, 0.25) is 0 Å². The lowest BCUT2D eigenvalue weighted by molar-refractivity contribution is -0.130. The van der Waals surface area contributed by atoms with E-state index in [1.165, 1.54) is 0 Å². The molecule has 0 unspecified atom stereocenters. The van der Waals surface area contributed by atoms with E-state index in [0.717, 1.165) is 18.5 Å². The largest absolute Gasteiger partial charge is 0.356 e. The van der Waals surface area contributed by atoms with Crippen molar-refractivity contribution in [2.45, 2.75) is 26.8 Å². The van der Waals surface area contributed by atoms with Gasteiger partial charge in [0.2, 0.25) is 5.91 Å². The highest BCUT2D eigenvalue weighted by Crippen LogP contribution is 2.04. The molecule has 0 aliphatic rings. The van der Waals surface area contributed by atoms with Crippen LogP contribution in [0.25, 0.3) is 0 Å². The second-order valence-electron chi connectivity index (χ2n) is 4.75. The summed E-state index contributed by atoms with van der Waals surface area (Å²) in [7, 11) is 1.71. The summed E-state index contributed by atoms with van der Waals surface area (Å²) < 4.78 is 0. The van der Waals surface area contributed by atoms with Crippen LogP contribution in [0.4, 0.5) is 0 Å². The van der Waals surface area contributed by atoms with E-state index in [2.05, 4.69) is 22.5 Å². The van der Waals surface area contributed by atoms with Crippen LogP contribution in [0.3, 0.4) is 0 Å². The van der Waals surface area contributed by atoms with E-state index in [1.807, 2.05) is 42.2 Å². The number of hydrogen-bond acceptors (Lipinski definition) is 2. The molecule has 0 saturated heterocycles. The number of carbonyl (C=O) groups excluding carboxylic acids is 1. The van der Waals surface area contributed by atoms with Gasteiger partial charge in [-0.15, -0.1) is 24.0 Å². The highest BCUT2D eigenvalue weighted by molar-refractivity contribution is 14.0. The number of hydrogen-bond donors (Lipinski definition) is 2. The minimum Gasteiger partial charge on any atom is -0.356 e. The van der Waals surface area contributed by atoms with Crippen molar-refractivity contribution in [1.29, 1.82) is 0 Å². The Morgan fingerprint density at radius 2 is 1.86 bits per heavy atom. The molecule has 6 heteroatoms. The highest BCUT2D eigenvalue weighted by Gasteiger charge is 2.12. The average molecular weight is 418 g/mol. The normalized spacial score (nSPS) is 10.6. The van der Waals surface area contributed by atoms with Gasteiger partial charge >= 0.3 is 0 Å². The minimum absolute atomic E-state index is 0. The SMILES string of the molecule is CCCNC(=NC)NCC(=O)N(CC)Cc1ccccc1.I. The van der Waals surface area contributed by atoms with Gasteiger partial charge in [0.25, 0.3) is 0 Å². The smallest absolute Gasteiger partial charge is 0.242 e. The first-order valence-corrected chi connectivity index (χ1v) is 7.47. The van der Waals surface area contributed by atoms with Crippen LogP contribution in [-0.4, -0.2) is 43.4 Å². The number of guanidine groups is 1. The van der Waals surface area contributed by atoms with Gasteiger partial charge in [0.15, 0.2) is 5.96 Å². The molecule has 0 aliphatic heterocycles. The summed E-state index contributed by atoms with van der Waals surface area (Å²) >= 11 is 0. The van der Waals surface area contributed by atoms with E-state index in [4.69, 9.17) is 0 Å². The van der Waals surface area contributed by atoms with Crippen molar-refractivity contribution >= 4 is 35.8 Å². The molecule has 1 aromatic rings. The third kappa shape index (κ3) is 7.63. The van der Waals surface area contributed by atoms with Crippen molar-refractivity contribution in [2.75, 3.05) is 26.7 Å². The first kappa shape index (κ1) is 20.7. The number of rotatable bonds is 7. The molecular formula is C16H27IN4O. The van der Waals surface area contributed by atoms with E-state index in [9.17, 15) is 4.79 Å². The number of likely N-dealkylation sites (N-methyl/N-ethyl adjacent to an activating group) is 1. The summed E-state index contributed by atoms with van der Waals surface area (Å²) in [6.45, 7) is 6.50. The fraction of sp³-hybridized carbons (Fsp3) is 0.500. The van der Waals surface area contributed by atoms with E-state index < -0.39 is 0 Å². The van der Waals surface area contributed by atoms with Crippen molar-refractivity contribution in [1.82, 2.24) is 15.5 Å². The van der Waals surface area contributed by atoms with Crippen molar-refractivity contribution < 1.29 is 4.79 Å². The number of nitrogens with zero attached hydrogens (tertiary/aromatic N) is 2. The second kappa shape index (κ2) is 12.3. The number of carbonyl (C=O) groups is 1. The molecule has 5 nitrogen and oxygen atoms in total. The third-order valence-electron chi connectivity index (χ3n) is 3.12. The van der Waals surface area contributed by atoms with Crippen LogP contribution < -0.4 is 10.6 Å². The van der Waals surface area contributed by atoms with E-state index in [1.54, 1.807) is 7.05 Å². The van der Waals surface area contributed by atoms with Crippen LogP contribution >= 0.6 is 24.0 Å². The van der Waals surface area contributed by atoms with E-state index >= 15 is 0 Å². The Kier molecular flexibility index (Phi) is 11.5. The van der Waals surface area contributed by atoms with Gasteiger partial charge in [0, 0.05) is 26.7 Å². The van der Waals surface area contributed by atoms with E-state index in [-0.39, 0.29) is 36.4 Å². The lowest BCUT2D eigenvalue weighted by Gasteiger charge is -2.22. The van der Waals surface area contributed by atoms with Crippen LogP contribution in [0.15, 0.2) is 35.3 Å². The zero-order chi connectivity index (χ0) is 15.5. The Bertz CT molecular complexity index is 451. The maximum absolute atomic E-state index is 12.3. The summed E-state index contributed by atoms with van der Waals surface area (Å²) in [6.07, 6.45) is 1.02. The molecule has 124 valence electrons. The average Bonchev–Trinajstić information content (AvgIpc) is 2.53. The van der Waals surface area contributed by atoms with Crippen LogP contribution in [0.5, 0.6) is 0 Å². The standard InChI is InChI=1S/C16H26N4O.HI/c1-4-11-18-16(17-3)19-12-15(21)20(5-2)13-14-9-7-6-8-10-14;/h6-10H,4-5,11-13H2,1-3H3,(H2,17,18,19);1H. The van der Waals surface area contributed by atoms with Crippen molar-refractivity contribution in [3.8, 4) is 0 Å². The van der Waals surface area contributed by atoms with Crippen molar-refractivity contribution in [3.05, 3.63) is 35.9 Å². The van der Waals surface area contributed by atoms with Crippen LogP contribution in [-0.2, 0) is 11.3 Å². The summed E-state index contributed by atoms with van der Waals surface area (Å²) in [5.41, 5.74) is 1.14. The molecule has 0 atom stereocenters. The monoisotopic (exact) mass is 418 g/mol. The number of benzene rings is 1. The lowest BCUT2D eigenvalue weighted by atomic mass is 10.2. The minimum atomic E-state index is 0. The topological polar surface area (TPSA) is 56.7 Å². The Morgan fingerprint density at radius 1 is 1.18 bits per heavy atom. The van der Waals surface area contributed by atoms with Crippen LogP contribution in [0.1, 0.15) is 25.8 Å². The summed E-state index contributed by atoms with van der Waals surface area (Å²) in [5, 5.41) is 6.20. The quantitative estimate of drug-likeness (QED) is 0.406. The first-order chi connectivity index (χ1) is 10.2. The number of aliphatic imine (C=N–C) groups is 1. The first-order valence-electron chi connectivity index (χ1n) is 7.47. The van der Waals surface area contributed by atoms with Gasteiger partial charge in [-0.05, 0) is 18.9 Å². The van der Waals surface area contributed by atoms with Gasteiger partial charge in [-0.1, -0.05) is 37.3 Å². The molecule has 0 heterocycles. The maximum atomic E-state index is 12.3. The maximum Gasteiger partial charge on any atom is 0.242 e. The fourth-order valence-corrected chi connectivity index (χ4v) is 1.92. The Labute approximate surface area is 150 Å². The molecule has 0 bridgehead atoms. The van der Waals surface area contributed by atoms with Gasteiger partial charge in [-0.3, -0.25) is 9.79 Å². The zero-order valence-corrected chi connectivity index (χ0v) is 16.0. The molecule has 0 aromatic heterocycles. The number of nitrogens with one attached hydrogen (secondary N) is 2. The molecule has 2 N–H and O–H groups in total. The molecular weight excluding hydrogens is 391 g/mol. The molecule has 0 fully saturated rings. The Morgan fingerprint density at radius 3 is 2.41 bits per heavy atom. The van der Waals surface area contributed by atoms with Crippen LogP contribution in [0, 0.1) is 0 Å². The molecule has 0 saturated carbocycles. The molecule has 0 radical (unpaired) electrons. The Hall–Kier alpha value is -1.31. The van der Waals surface area contributed by atoms with Gasteiger partial charge in [0.05, 0.1) is 6.54 Å². The molecule has 22 heavy (non-hydrogen) atoms. The summed E-state index contributed by atoms with van der Waals surface area (Å²) in [4.78, 5) is 18.2. The zero-order valence-electron chi connectivity index (χ0n) is 13.6. The predicted octanol–water partition coefficient (Wildman–Crippen LogP) is 2.23. The summed E-state index contributed by atoms with van der Waals surface area (Å²) in [5.74, 6) is 0.738. The fourth-order valence-electron chi connectivity index (χ4n) is 1.92. The van der Waals surface area contributed by atoms with Crippen molar-refractivity contribution in [3.63, 3.8) is 0 Å². The molecule has 0 aliphatic carbocycles. The molecule has 1 aromatic carbocycles. The van der Waals surface area contributed by atoms with Gasteiger partial charge in [-0.25, -0.2) is 0 Å². The second-order valence-corrected chi connectivity index (χ2v) is 4.75. The van der Waals surface area contributed by atoms with Gasteiger partial charge < -0.3 is 15.5 Å².